The van der Waals surface area contributed by atoms with E-state index >= 15 is 0 Å². The van der Waals surface area contributed by atoms with Gasteiger partial charge >= 0.3 is 5.56 Å². The molecule has 3 heterocycles. The minimum absolute atomic E-state index is 0.0145. The number of hydrogen-bond donors (Lipinski definition) is 1. The summed E-state index contributed by atoms with van der Waals surface area (Å²) in [4.78, 5) is 34.3. The van der Waals surface area contributed by atoms with E-state index in [9.17, 15) is 14.7 Å². The summed E-state index contributed by atoms with van der Waals surface area (Å²) in [5.74, 6) is 0.313. The zero-order chi connectivity index (χ0) is 21.3. The molecule has 0 bridgehead atoms. The second-order valence-electron chi connectivity index (χ2n) is 7.54. The number of amides is 1. The molecule has 156 valence electrons. The number of rotatable bonds is 5. The lowest BCUT2D eigenvalue weighted by Crippen LogP contribution is -2.44. The summed E-state index contributed by atoms with van der Waals surface area (Å²) in [7, 11) is 1.99. The maximum atomic E-state index is 13.1. The molecule has 0 saturated carbocycles. The van der Waals surface area contributed by atoms with Gasteiger partial charge in [0.25, 0.3) is 5.91 Å². The van der Waals surface area contributed by atoms with E-state index in [0.717, 1.165) is 24.3 Å². The Labute approximate surface area is 178 Å². The third-order valence-electron chi connectivity index (χ3n) is 5.68. The lowest BCUT2D eigenvalue weighted by molar-refractivity contribution is 0.0702. The Kier molecular flexibility index (Phi) is 5.79. The average Bonchev–Trinajstić information content (AvgIpc) is 3.17. The predicted octanol–water partition coefficient (Wildman–Crippen LogP) is 1.84. The van der Waals surface area contributed by atoms with Gasteiger partial charge in [0.15, 0.2) is 5.69 Å². The smallest absolute Gasteiger partial charge is 0.315 e. The summed E-state index contributed by atoms with van der Waals surface area (Å²) in [6.07, 6.45) is 1.89. The number of carbonyl (C=O) groups excluding carboxylic acids is 1. The lowest BCUT2D eigenvalue weighted by atomic mass is 10.1. The molecule has 2 aromatic rings. The SMILES string of the molecule is CN1CCCC1c1nc(=O)c(O)c2n1CCN(CCSc1cccc(C#N)c1)C2=O. The van der Waals surface area contributed by atoms with Gasteiger partial charge in [0.05, 0.1) is 17.7 Å². The van der Waals surface area contributed by atoms with Crippen LogP contribution in [0.5, 0.6) is 5.75 Å². The van der Waals surface area contributed by atoms with E-state index < -0.39 is 11.3 Å². The van der Waals surface area contributed by atoms with Crippen molar-refractivity contribution in [2.45, 2.75) is 30.3 Å². The van der Waals surface area contributed by atoms with Crippen LogP contribution in [0.15, 0.2) is 34.0 Å². The van der Waals surface area contributed by atoms with E-state index in [1.165, 1.54) is 0 Å². The number of nitrogens with zero attached hydrogens (tertiary/aromatic N) is 5. The van der Waals surface area contributed by atoms with E-state index in [1.54, 1.807) is 27.3 Å². The topological polar surface area (TPSA) is 102 Å². The largest absolute Gasteiger partial charge is 0.501 e. The van der Waals surface area contributed by atoms with Crippen LogP contribution in [0.2, 0.25) is 0 Å². The number of aromatic nitrogens is 2. The van der Waals surface area contributed by atoms with Crippen LogP contribution in [0, 0.1) is 11.3 Å². The van der Waals surface area contributed by atoms with Gasteiger partial charge in [0, 0.05) is 30.3 Å². The van der Waals surface area contributed by atoms with Gasteiger partial charge in [0.1, 0.15) is 5.82 Å². The van der Waals surface area contributed by atoms with E-state index in [2.05, 4.69) is 16.0 Å². The Hall–Kier alpha value is -2.83. The summed E-state index contributed by atoms with van der Waals surface area (Å²) < 4.78 is 1.73. The first-order valence-corrected chi connectivity index (χ1v) is 10.9. The first-order chi connectivity index (χ1) is 14.5. The maximum absolute atomic E-state index is 13.1. The minimum Gasteiger partial charge on any atom is -0.501 e. The first-order valence-electron chi connectivity index (χ1n) is 9.95. The Morgan fingerprint density at radius 3 is 2.87 bits per heavy atom. The molecule has 1 atom stereocenters. The summed E-state index contributed by atoms with van der Waals surface area (Å²) in [5, 5.41) is 19.3. The van der Waals surface area contributed by atoms with Gasteiger partial charge in [-0.1, -0.05) is 6.07 Å². The molecule has 9 heteroatoms. The van der Waals surface area contributed by atoms with Crippen LogP contribution in [-0.4, -0.2) is 62.8 Å². The second kappa shape index (κ2) is 8.50. The minimum atomic E-state index is -0.741. The normalized spacial score (nSPS) is 19.0. The first kappa shape index (κ1) is 20.4. The average molecular weight is 426 g/mol. The fraction of sp³-hybridized carbons (Fsp3) is 0.429. The van der Waals surface area contributed by atoms with Crippen molar-refractivity contribution in [1.82, 2.24) is 19.4 Å². The molecule has 2 aliphatic rings. The quantitative estimate of drug-likeness (QED) is 0.729. The van der Waals surface area contributed by atoms with Crippen molar-refractivity contribution >= 4 is 17.7 Å². The number of thioether (sulfide) groups is 1. The van der Waals surface area contributed by atoms with Crippen LogP contribution in [-0.2, 0) is 6.54 Å². The van der Waals surface area contributed by atoms with Crippen molar-refractivity contribution in [3.05, 3.63) is 51.7 Å². The molecule has 8 nitrogen and oxygen atoms in total. The summed E-state index contributed by atoms with van der Waals surface area (Å²) >= 11 is 1.56. The molecule has 30 heavy (non-hydrogen) atoms. The molecular weight excluding hydrogens is 402 g/mol. The van der Waals surface area contributed by atoms with E-state index in [-0.39, 0.29) is 17.6 Å². The zero-order valence-corrected chi connectivity index (χ0v) is 17.6. The highest BCUT2D eigenvalue weighted by Crippen LogP contribution is 2.31. The maximum Gasteiger partial charge on any atom is 0.315 e. The van der Waals surface area contributed by atoms with Gasteiger partial charge in [0.2, 0.25) is 5.75 Å². The molecule has 0 radical (unpaired) electrons. The number of carbonyl (C=O) groups is 1. The molecule has 4 rings (SSSR count). The molecule has 0 aliphatic carbocycles. The van der Waals surface area contributed by atoms with Gasteiger partial charge in [-0.05, 0) is 44.6 Å². The van der Waals surface area contributed by atoms with Gasteiger partial charge in [-0.15, -0.1) is 11.8 Å². The van der Waals surface area contributed by atoms with E-state index in [1.807, 2.05) is 25.2 Å². The lowest BCUT2D eigenvalue weighted by Gasteiger charge is -2.33. The summed E-state index contributed by atoms with van der Waals surface area (Å²) in [6, 6.07) is 9.44. The second-order valence-corrected chi connectivity index (χ2v) is 8.71. The Balaban J connectivity index is 1.52. The third kappa shape index (κ3) is 3.80. The molecule has 1 N–H and O–H groups in total. The monoisotopic (exact) mass is 425 g/mol. The molecule has 1 aromatic carbocycles. The van der Waals surface area contributed by atoms with E-state index in [4.69, 9.17) is 5.26 Å². The number of nitriles is 1. The fourth-order valence-corrected chi connectivity index (χ4v) is 5.04. The van der Waals surface area contributed by atoms with Crippen LogP contribution in [0.25, 0.3) is 0 Å². The van der Waals surface area contributed by atoms with Gasteiger partial charge in [-0.3, -0.25) is 14.5 Å². The molecule has 1 aromatic heterocycles. The van der Waals surface area contributed by atoms with Crippen molar-refractivity contribution in [3.63, 3.8) is 0 Å². The van der Waals surface area contributed by atoms with Crippen LogP contribution >= 0.6 is 11.8 Å². The molecule has 1 saturated heterocycles. The molecule has 0 spiro atoms. The van der Waals surface area contributed by atoms with Crippen molar-refractivity contribution in [2.75, 3.05) is 32.4 Å². The number of likely N-dealkylation sites (tertiary alicyclic amines) is 1. The Bertz CT molecular complexity index is 1080. The molecule has 1 fully saturated rings. The standard InChI is InChI=1S/C21H23N5O3S/c1-24-7-3-6-16(24)19-23-20(28)18(27)17-21(29)25(8-9-26(17)19)10-11-30-15-5-2-4-14(12-15)13-22/h2,4-5,12,16,27H,3,6-11H2,1H3. The Morgan fingerprint density at radius 2 is 2.13 bits per heavy atom. The van der Waals surface area contributed by atoms with Crippen LogP contribution in [0.3, 0.4) is 0 Å². The van der Waals surface area contributed by atoms with Crippen LogP contribution < -0.4 is 5.56 Å². The van der Waals surface area contributed by atoms with Crippen molar-refractivity contribution < 1.29 is 9.90 Å². The number of hydrogen-bond acceptors (Lipinski definition) is 7. The van der Waals surface area contributed by atoms with Crippen LogP contribution in [0.1, 0.15) is 40.8 Å². The number of aromatic hydroxyl groups is 1. The van der Waals surface area contributed by atoms with Gasteiger partial charge in [-0.2, -0.15) is 10.2 Å². The highest BCUT2D eigenvalue weighted by atomic mass is 32.2. The number of fused-ring (bicyclic) bond motifs is 1. The molecule has 2 aliphatic heterocycles. The van der Waals surface area contributed by atoms with Gasteiger partial charge in [-0.25, -0.2) is 0 Å². The zero-order valence-electron chi connectivity index (χ0n) is 16.7. The van der Waals surface area contributed by atoms with Crippen molar-refractivity contribution in [2.24, 2.45) is 0 Å². The Morgan fingerprint density at radius 1 is 1.30 bits per heavy atom. The number of benzene rings is 1. The summed E-state index contributed by atoms with van der Waals surface area (Å²) in [6.45, 7) is 2.39. The molecule has 1 unspecified atom stereocenters. The summed E-state index contributed by atoms with van der Waals surface area (Å²) in [5.41, 5.74) is -0.0911. The van der Waals surface area contributed by atoms with Crippen molar-refractivity contribution in [1.29, 1.82) is 5.26 Å². The molecular formula is C21H23N5O3S. The highest BCUT2D eigenvalue weighted by Gasteiger charge is 2.34. The fourth-order valence-electron chi connectivity index (χ4n) is 4.11. The van der Waals surface area contributed by atoms with Gasteiger partial charge < -0.3 is 14.6 Å². The van der Waals surface area contributed by atoms with Crippen LogP contribution in [0.4, 0.5) is 0 Å². The molecule has 1 amide bonds. The van der Waals surface area contributed by atoms with E-state index in [0.29, 0.717) is 36.8 Å². The third-order valence-corrected chi connectivity index (χ3v) is 6.66. The predicted molar refractivity (Wildman–Crippen MR) is 113 cm³/mol. The highest BCUT2D eigenvalue weighted by molar-refractivity contribution is 7.99. The van der Waals surface area contributed by atoms with Crippen molar-refractivity contribution in [3.8, 4) is 11.8 Å².